The standard InChI is InChI=1S/C12H20N3O13P3/c13-5-1-2-8-6-15(12(17)14-11(8)16)10-4-3-9(26-10)7-25-30(21,22)28-31(23,24)27-29(18,19)20/h5-6,9-10,13H,1-4,7H2,(H,21,22)(H,23,24)(H,14,16,17)(H2,18,19,20)/t9-,10+/m0/s1. The second kappa shape index (κ2) is 10.1. The maximum absolute atomic E-state index is 12.1. The van der Waals surface area contributed by atoms with Crippen LogP contribution in [0.1, 0.15) is 31.1 Å². The summed E-state index contributed by atoms with van der Waals surface area (Å²) in [4.78, 5) is 61.5. The van der Waals surface area contributed by atoms with E-state index in [4.69, 9.17) is 24.8 Å². The van der Waals surface area contributed by atoms with Gasteiger partial charge in [0, 0.05) is 11.8 Å². The number of ether oxygens (including phenoxy) is 1. The molecular formula is C12H20N3O13P3. The average Bonchev–Trinajstić information content (AvgIpc) is 3.05. The van der Waals surface area contributed by atoms with Crippen molar-refractivity contribution < 1.29 is 51.2 Å². The maximum atomic E-state index is 12.1. The molecule has 0 aliphatic carbocycles. The third-order valence-corrected chi connectivity index (χ3v) is 7.64. The van der Waals surface area contributed by atoms with E-state index < -0.39 is 53.7 Å². The van der Waals surface area contributed by atoms with Crippen LogP contribution in [0.4, 0.5) is 0 Å². The lowest BCUT2D eigenvalue weighted by Gasteiger charge is -2.19. The molecule has 0 bridgehead atoms. The van der Waals surface area contributed by atoms with Crippen molar-refractivity contribution >= 4 is 29.7 Å². The number of hydrogen-bond acceptors (Lipinski definition) is 10. The number of H-pyrrole nitrogens is 1. The monoisotopic (exact) mass is 507 g/mol. The summed E-state index contributed by atoms with van der Waals surface area (Å²) in [5.41, 5.74) is -1.09. The van der Waals surface area contributed by atoms with E-state index in [-0.39, 0.29) is 31.2 Å². The van der Waals surface area contributed by atoms with Gasteiger partial charge in [-0.05, 0) is 31.9 Å². The minimum atomic E-state index is -5.62. The Morgan fingerprint density at radius 3 is 2.45 bits per heavy atom. The molecule has 0 spiro atoms. The first-order chi connectivity index (χ1) is 14.2. The predicted molar refractivity (Wildman–Crippen MR) is 101 cm³/mol. The lowest BCUT2D eigenvalue weighted by molar-refractivity contribution is -0.0244. The first-order valence-electron chi connectivity index (χ1n) is 8.48. The molecule has 1 saturated heterocycles. The van der Waals surface area contributed by atoms with Crippen molar-refractivity contribution in [3.05, 3.63) is 32.6 Å². The molecule has 2 rings (SSSR count). The lowest BCUT2D eigenvalue weighted by atomic mass is 10.2. The molecule has 6 N–H and O–H groups in total. The van der Waals surface area contributed by atoms with E-state index in [1.54, 1.807) is 0 Å². The molecule has 176 valence electrons. The van der Waals surface area contributed by atoms with E-state index in [1.165, 1.54) is 6.20 Å². The van der Waals surface area contributed by atoms with Gasteiger partial charge in [0.1, 0.15) is 6.23 Å². The largest absolute Gasteiger partial charge is 0.490 e. The Kier molecular flexibility index (Phi) is 8.47. The minimum absolute atomic E-state index is 0.224. The van der Waals surface area contributed by atoms with Crippen molar-refractivity contribution in [2.24, 2.45) is 0 Å². The fourth-order valence-electron chi connectivity index (χ4n) is 2.64. The molecule has 1 aliphatic rings. The molecule has 16 nitrogen and oxygen atoms in total. The van der Waals surface area contributed by atoms with Crippen LogP contribution < -0.4 is 11.2 Å². The molecule has 2 unspecified atom stereocenters. The van der Waals surface area contributed by atoms with Crippen molar-refractivity contribution in [1.29, 1.82) is 5.41 Å². The van der Waals surface area contributed by atoms with Crippen LogP contribution in [0.2, 0.25) is 0 Å². The second-order valence-electron chi connectivity index (χ2n) is 6.24. The van der Waals surface area contributed by atoms with Crippen LogP contribution in [0, 0.1) is 5.41 Å². The summed E-state index contributed by atoms with van der Waals surface area (Å²) in [5.74, 6) is 0. The molecule has 0 saturated carbocycles. The summed E-state index contributed by atoms with van der Waals surface area (Å²) >= 11 is 0. The normalized spacial score (nSPS) is 23.2. The van der Waals surface area contributed by atoms with Crippen molar-refractivity contribution in [1.82, 2.24) is 9.55 Å². The predicted octanol–water partition coefficient (Wildman–Crippen LogP) is 0.140. The number of nitrogens with zero attached hydrogens (tertiary/aromatic N) is 1. The Bertz CT molecular complexity index is 1060. The molecule has 1 aromatic heterocycles. The van der Waals surface area contributed by atoms with Crippen molar-refractivity contribution in [3.8, 4) is 0 Å². The molecular weight excluding hydrogens is 487 g/mol. The van der Waals surface area contributed by atoms with Crippen LogP contribution in [0.3, 0.4) is 0 Å². The Morgan fingerprint density at radius 1 is 1.16 bits per heavy atom. The highest BCUT2D eigenvalue weighted by molar-refractivity contribution is 7.66. The minimum Gasteiger partial charge on any atom is -0.352 e. The third-order valence-electron chi connectivity index (χ3n) is 3.83. The van der Waals surface area contributed by atoms with Gasteiger partial charge in [0.25, 0.3) is 5.56 Å². The maximum Gasteiger partial charge on any atom is 0.490 e. The van der Waals surface area contributed by atoms with Crippen LogP contribution in [-0.4, -0.2) is 48.1 Å². The van der Waals surface area contributed by atoms with Gasteiger partial charge in [-0.3, -0.25) is 18.9 Å². The Labute approximate surface area is 173 Å². The van der Waals surface area contributed by atoms with Gasteiger partial charge >= 0.3 is 29.2 Å². The van der Waals surface area contributed by atoms with E-state index in [0.29, 0.717) is 0 Å². The third kappa shape index (κ3) is 8.29. The summed E-state index contributed by atoms with van der Waals surface area (Å²) in [6.45, 7) is -0.640. The number of aromatic amines is 1. The number of phosphoric ester groups is 1. The number of phosphoric acid groups is 3. The van der Waals surface area contributed by atoms with E-state index >= 15 is 0 Å². The lowest BCUT2D eigenvalue weighted by Crippen LogP contribution is -2.34. The smallest absolute Gasteiger partial charge is 0.352 e. The van der Waals surface area contributed by atoms with E-state index in [0.717, 1.165) is 10.8 Å². The Hall–Kier alpha value is -1.28. The fraction of sp³-hybridized carbons (Fsp3) is 0.583. The van der Waals surface area contributed by atoms with Gasteiger partial charge in [-0.1, -0.05) is 0 Å². The molecule has 0 amide bonds. The van der Waals surface area contributed by atoms with Gasteiger partial charge in [-0.25, -0.2) is 18.5 Å². The van der Waals surface area contributed by atoms with Gasteiger partial charge in [0.15, 0.2) is 0 Å². The first kappa shape index (κ1) is 26.0. The quantitative estimate of drug-likeness (QED) is 0.172. The van der Waals surface area contributed by atoms with Gasteiger partial charge in [0.2, 0.25) is 0 Å². The summed E-state index contributed by atoms with van der Waals surface area (Å²) < 4.78 is 52.0. The zero-order chi connectivity index (χ0) is 23.4. The molecule has 1 aromatic rings. The number of hydrogen-bond donors (Lipinski definition) is 6. The Morgan fingerprint density at radius 2 is 1.84 bits per heavy atom. The van der Waals surface area contributed by atoms with Gasteiger partial charge in [0.05, 0.1) is 12.7 Å². The molecule has 0 radical (unpaired) electrons. The summed E-state index contributed by atoms with van der Waals surface area (Å²) in [6.07, 6.45) is 1.68. The van der Waals surface area contributed by atoms with Gasteiger partial charge < -0.3 is 29.7 Å². The van der Waals surface area contributed by atoms with Crippen LogP contribution >= 0.6 is 23.5 Å². The van der Waals surface area contributed by atoms with Crippen molar-refractivity contribution in [3.63, 3.8) is 0 Å². The highest BCUT2D eigenvalue weighted by Gasteiger charge is 2.41. The molecule has 1 aliphatic heterocycles. The van der Waals surface area contributed by atoms with Gasteiger partial charge in [-0.2, -0.15) is 8.62 Å². The van der Waals surface area contributed by atoms with E-state index in [1.807, 2.05) is 0 Å². The van der Waals surface area contributed by atoms with Crippen molar-refractivity contribution in [2.75, 3.05) is 6.61 Å². The highest BCUT2D eigenvalue weighted by atomic mass is 31.3. The number of aromatic nitrogens is 2. The topological polar surface area (TPSA) is 248 Å². The zero-order valence-corrected chi connectivity index (χ0v) is 18.3. The van der Waals surface area contributed by atoms with Crippen LogP contribution in [-0.2, 0) is 38.0 Å². The number of rotatable bonds is 11. The van der Waals surface area contributed by atoms with Crippen LogP contribution in [0.5, 0.6) is 0 Å². The van der Waals surface area contributed by atoms with Crippen molar-refractivity contribution in [2.45, 2.75) is 38.0 Å². The molecule has 0 aromatic carbocycles. The summed E-state index contributed by atoms with van der Waals surface area (Å²) in [5, 5.41) is 7.03. The van der Waals surface area contributed by atoms with Crippen LogP contribution in [0.15, 0.2) is 15.8 Å². The first-order valence-corrected chi connectivity index (χ1v) is 13.0. The molecule has 4 atom stereocenters. The van der Waals surface area contributed by atoms with E-state index in [9.17, 15) is 28.2 Å². The summed E-state index contributed by atoms with van der Waals surface area (Å²) in [6, 6.07) is 0. The van der Waals surface area contributed by atoms with E-state index in [2.05, 4.69) is 18.1 Å². The summed E-state index contributed by atoms with van der Waals surface area (Å²) in [7, 11) is -16.4. The highest BCUT2D eigenvalue weighted by Crippen LogP contribution is 2.66. The fourth-order valence-corrected chi connectivity index (χ4v) is 5.69. The molecule has 19 heteroatoms. The number of nitrogens with one attached hydrogen (secondary N) is 2. The van der Waals surface area contributed by atoms with Gasteiger partial charge in [-0.15, -0.1) is 0 Å². The average molecular weight is 507 g/mol. The Balaban J connectivity index is 1.99. The SMILES string of the molecule is N=CCCc1cn([C@H]2CC[C@@H](COP(=O)(O)OP(=O)(O)OP(=O)(O)O)O2)c(=O)[nH]c1=O. The molecule has 31 heavy (non-hydrogen) atoms. The second-order valence-corrected chi connectivity index (χ2v) is 10.7. The molecule has 2 heterocycles. The number of aryl methyl sites for hydroxylation is 1. The molecule has 1 fully saturated rings. The zero-order valence-electron chi connectivity index (χ0n) is 15.6. The van der Waals surface area contributed by atoms with Crippen LogP contribution in [0.25, 0.3) is 0 Å².